The summed E-state index contributed by atoms with van der Waals surface area (Å²) in [7, 11) is 2.26. The summed E-state index contributed by atoms with van der Waals surface area (Å²) in [5.74, 6) is 1.98. The van der Waals surface area contributed by atoms with E-state index in [-0.39, 0.29) is 5.41 Å². The van der Waals surface area contributed by atoms with E-state index in [2.05, 4.69) is 53.6 Å². The maximum absolute atomic E-state index is 6.13. The Morgan fingerprint density at radius 1 is 1.14 bits per heavy atom. The van der Waals surface area contributed by atoms with Crippen LogP contribution in [0.15, 0.2) is 4.47 Å². The lowest BCUT2D eigenvalue weighted by Crippen LogP contribution is -2.39. The van der Waals surface area contributed by atoms with Gasteiger partial charge >= 0.3 is 0 Å². The van der Waals surface area contributed by atoms with Gasteiger partial charge in [0.2, 0.25) is 0 Å². The van der Waals surface area contributed by atoms with Crippen LogP contribution in [0.4, 0.5) is 5.82 Å². The molecule has 2 unspecified atom stereocenters. The number of piperidine rings is 1. The van der Waals surface area contributed by atoms with Crippen molar-refractivity contribution >= 4 is 21.7 Å². The van der Waals surface area contributed by atoms with Crippen LogP contribution in [0.25, 0.3) is 0 Å². The number of rotatable bonds is 1. The SMILES string of the molecule is CN1C2CCC1CC(c1nc(N)c(Br)c(C(C)(C)C)n1)C2. The van der Waals surface area contributed by atoms with Crippen molar-refractivity contribution in [1.29, 1.82) is 0 Å². The summed E-state index contributed by atoms with van der Waals surface area (Å²) in [6, 6.07) is 1.39. The van der Waals surface area contributed by atoms with E-state index < -0.39 is 0 Å². The predicted octanol–water partition coefficient (Wildman–Crippen LogP) is 3.46. The number of halogens is 1. The van der Waals surface area contributed by atoms with E-state index in [0.717, 1.165) is 28.8 Å². The Labute approximate surface area is 135 Å². The van der Waals surface area contributed by atoms with Crippen molar-refractivity contribution in [3.8, 4) is 0 Å². The molecular weight excluding hydrogens is 328 g/mol. The quantitative estimate of drug-likeness (QED) is 0.840. The van der Waals surface area contributed by atoms with Crippen LogP contribution in [0.2, 0.25) is 0 Å². The Morgan fingerprint density at radius 2 is 1.71 bits per heavy atom. The van der Waals surface area contributed by atoms with Crippen molar-refractivity contribution in [2.45, 2.75) is 69.9 Å². The molecule has 2 fully saturated rings. The molecule has 0 spiro atoms. The summed E-state index contributed by atoms with van der Waals surface area (Å²) in [6.07, 6.45) is 4.96. The highest BCUT2D eigenvalue weighted by Crippen LogP contribution is 2.42. The lowest BCUT2D eigenvalue weighted by Gasteiger charge is -2.36. The second-order valence-corrected chi connectivity index (χ2v) is 8.39. The Bertz CT molecular complexity index is 538. The van der Waals surface area contributed by atoms with E-state index in [4.69, 9.17) is 10.7 Å². The maximum Gasteiger partial charge on any atom is 0.141 e. The smallest absolute Gasteiger partial charge is 0.141 e. The highest BCUT2D eigenvalue weighted by molar-refractivity contribution is 9.10. The molecule has 0 aromatic carbocycles. The van der Waals surface area contributed by atoms with Crippen molar-refractivity contribution in [1.82, 2.24) is 14.9 Å². The van der Waals surface area contributed by atoms with Gasteiger partial charge in [0.05, 0.1) is 10.2 Å². The first-order chi connectivity index (χ1) is 9.77. The van der Waals surface area contributed by atoms with E-state index in [9.17, 15) is 0 Å². The second kappa shape index (κ2) is 5.20. The Kier molecular flexibility index (Phi) is 3.77. The van der Waals surface area contributed by atoms with Crippen LogP contribution in [0.1, 0.15) is 63.9 Å². The second-order valence-electron chi connectivity index (χ2n) is 7.60. The Morgan fingerprint density at radius 3 is 2.24 bits per heavy atom. The number of hydrogen-bond donors (Lipinski definition) is 1. The molecule has 3 heterocycles. The largest absolute Gasteiger partial charge is 0.383 e. The fourth-order valence-electron chi connectivity index (χ4n) is 3.78. The minimum atomic E-state index is -0.0327. The van der Waals surface area contributed by atoms with Gasteiger partial charge in [-0.2, -0.15) is 0 Å². The van der Waals surface area contributed by atoms with E-state index in [0.29, 0.717) is 23.8 Å². The summed E-state index contributed by atoms with van der Waals surface area (Å²) in [6.45, 7) is 6.50. The highest BCUT2D eigenvalue weighted by atomic mass is 79.9. The Balaban J connectivity index is 1.95. The average molecular weight is 353 g/mol. The van der Waals surface area contributed by atoms with Gasteiger partial charge in [-0.1, -0.05) is 20.8 Å². The number of anilines is 1. The van der Waals surface area contributed by atoms with Gasteiger partial charge in [-0.15, -0.1) is 0 Å². The number of fused-ring (bicyclic) bond motifs is 2. The number of nitrogen functional groups attached to an aromatic ring is 1. The number of aromatic nitrogens is 2. The fraction of sp³-hybridized carbons (Fsp3) is 0.750. The highest BCUT2D eigenvalue weighted by Gasteiger charge is 2.40. The van der Waals surface area contributed by atoms with Crippen molar-refractivity contribution in [3.05, 3.63) is 16.0 Å². The summed E-state index contributed by atoms with van der Waals surface area (Å²) < 4.78 is 0.856. The molecule has 0 aliphatic carbocycles. The van der Waals surface area contributed by atoms with Crippen molar-refractivity contribution in [2.75, 3.05) is 12.8 Å². The van der Waals surface area contributed by atoms with E-state index in [1.165, 1.54) is 12.8 Å². The van der Waals surface area contributed by atoms with E-state index >= 15 is 0 Å². The molecule has 2 aliphatic rings. The van der Waals surface area contributed by atoms with Crippen LogP contribution in [-0.2, 0) is 5.41 Å². The summed E-state index contributed by atoms with van der Waals surface area (Å²) in [4.78, 5) is 12.0. The van der Waals surface area contributed by atoms with Crippen molar-refractivity contribution < 1.29 is 0 Å². The number of nitrogens with two attached hydrogens (primary N) is 1. The van der Waals surface area contributed by atoms with Crippen LogP contribution in [0.3, 0.4) is 0 Å². The minimum Gasteiger partial charge on any atom is -0.383 e. The molecule has 2 bridgehead atoms. The molecule has 0 amide bonds. The maximum atomic E-state index is 6.13. The van der Waals surface area contributed by atoms with Gasteiger partial charge < -0.3 is 10.6 Å². The van der Waals surface area contributed by atoms with Gasteiger partial charge in [-0.05, 0) is 48.7 Å². The van der Waals surface area contributed by atoms with Crippen molar-refractivity contribution in [2.24, 2.45) is 0 Å². The first-order valence-electron chi connectivity index (χ1n) is 7.82. The minimum absolute atomic E-state index is 0.0327. The molecule has 21 heavy (non-hydrogen) atoms. The van der Waals surface area contributed by atoms with Crippen molar-refractivity contribution in [3.63, 3.8) is 0 Å². The molecule has 2 saturated heterocycles. The first-order valence-corrected chi connectivity index (χ1v) is 8.62. The van der Waals surface area contributed by atoms with Gasteiger partial charge in [0.15, 0.2) is 0 Å². The zero-order chi connectivity index (χ0) is 15.4. The third kappa shape index (κ3) is 2.70. The van der Waals surface area contributed by atoms with E-state index in [1.54, 1.807) is 0 Å². The fourth-order valence-corrected chi connectivity index (χ4v) is 4.56. The monoisotopic (exact) mass is 352 g/mol. The third-order valence-corrected chi connectivity index (χ3v) is 5.85. The summed E-state index contributed by atoms with van der Waals surface area (Å²) >= 11 is 3.56. The van der Waals surface area contributed by atoms with Gasteiger partial charge in [-0.3, -0.25) is 0 Å². The Hall–Kier alpha value is -0.680. The van der Waals surface area contributed by atoms with Gasteiger partial charge in [0.1, 0.15) is 11.6 Å². The standard InChI is InChI=1S/C16H25BrN4/c1-16(2,3)13-12(17)14(18)20-15(19-13)9-7-10-5-6-11(8-9)21(10)4/h9-11H,5-8H2,1-4H3,(H2,18,19,20). The summed E-state index contributed by atoms with van der Waals surface area (Å²) in [5.41, 5.74) is 7.12. The van der Waals surface area contributed by atoms with Crippen LogP contribution in [0, 0.1) is 0 Å². The third-order valence-electron chi connectivity index (χ3n) is 5.07. The molecule has 116 valence electrons. The zero-order valence-corrected chi connectivity index (χ0v) is 14.9. The van der Waals surface area contributed by atoms with Crippen LogP contribution in [-0.4, -0.2) is 34.0 Å². The molecule has 3 rings (SSSR count). The zero-order valence-electron chi connectivity index (χ0n) is 13.4. The molecule has 2 aliphatic heterocycles. The lowest BCUT2D eigenvalue weighted by atomic mass is 9.88. The molecular formula is C16H25BrN4. The molecule has 1 aromatic heterocycles. The number of hydrogen-bond acceptors (Lipinski definition) is 4. The topological polar surface area (TPSA) is 55.0 Å². The number of nitrogens with zero attached hydrogens (tertiary/aromatic N) is 3. The molecule has 4 nitrogen and oxygen atoms in total. The van der Waals surface area contributed by atoms with E-state index in [1.807, 2.05) is 0 Å². The molecule has 2 N–H and O–H groups in total. The normalized spacial score (nSPS) is 29.9. The van der Waals surface area contributed by atoms with Gasteiger partial charge in [0, 0.05) is 23.4 Å². The molecule has 2 atom stereocenters. The molecule has 0 radical (unpaired) electrons. The van der Waals surface area contributed by atoms with Crippen LogP contribution < -0.4 is 5.73 Å². The molecule has 5 heteroatoms. The first kappa shape index (κ1) is 15.2. The van der Waals surface area contributed by atoms with Crippen LogP contribution >= 0.6 is 15.9 Å². The lowest BCUT2D eigenvalue weighted by molar-refractivity contribution is 0.158. The van der Waals surface area contributed by atoms with Gasteiger partial charge in [0.25, 0.3) is 0 Å². The average Bonchev–Trinajstić information content (AvgIpc) is 2.63. The molecule has 1 aromatic rings. The predicted molar refractivity (Wildman–Crippen MR) is 89.4 cm³/mol. The van der Waals surface area contributed by atoms with Gasteiger partial charge in [-0.25, -0.2) is 9.97 Å². The summed E-state index contributed by atoms with van der Waals surface area (Å²) in [5, 5.41) is 0. The molecule has 0 saturated carbocycles. The van der Waals surface area contributed by atoms with Crippen LogP contribution in [0.5, 0.6) is 0 Å².